The molecule has 5 rings (SSSR count). The number of nitrogens with two attached hydrogens (primary N) is 1. The molecule has 3 aliphatic rings. The van der Waals surface area contributed by atoms with Gasteiger partial charge in [0.25, 0.3) is 5.91 Å². The highest BCUT2D eigenvalue weighted by Crippen LogP contribution is 2.56. The molecular formula is C29H28N2O9. The molecule has 5 atom stereocenters. The molecule has 40 heavy (non-hydrogen) atoms. The third-order valence-electron chi connectivity index (χ3n) is 8.13. The van der Waals surface area contributed by atoms with Gasteiger partial charge in [-0.15, -0.1) is 0 Å². The van der Waals surface area contributed by atoms with Crippen molar-refractivity contribution in [3.8, 4) is 5.75 Å². The predicted octanol–water partition coefficient (Wildman–Crippen LogP) is 1.78. The Morgan fingerprint density at radius 1 is 1.05 bits per heavy atom. The normalized spacial score (nSPS) is 27.7. The fourth-order valence-corrected chi connectivity index (χ4v) is 6.34. The minimum Gasteiger partial charge on any atom is -0.510 e. The number of primary amides is 1. The average molecular weight is 549 g/mol. The van der Waals surface area contributed by atoms with Crippen LogP contribution in [0.1, 0.15) is 44.4 Å². The molecule has 11 nitrogen and oxygen atoms in total. The molecule has 2 aromatic rings. The van der Waals surface area contributed by atoms with Crippen LogP contribution in [0, 0.1) is 18.8 Å². The maximum absolute atomic E-state index is 13.9. The van der Waals surface area contributed by atoms with Gasteiger partial charge in [-0.1, -0.05) is 24.3 Å². The van der Waals surface area contributed by atoms with E-state index in [4.69, 9.17) is 10.5 Å². The van der Waals surface area contributed by atoms with E-state index in [1.807, 2.05) is 0 Å². The summed E-state index contributed by atoms with van der Waals surface area (Å²) < 4.78 is 5.95. The number of carbonyl (C=O) groups is 4. The van der Waals surface area contributed by atoms with E-state index in [0.29, 0.717) is 5.56 Å². The van der Waals surface area contributed by atoms with Crippen molar-refractivity contribution in [2.45, 2.75) is 31.1 Å². The van der Waals surface area contributed by atoms with Crippen LogP contribution in [0.5, 0.6) is 5.75 Å². The van der Waals surface area contributed by atoms with Gasteiger partial charge in [0.1, 0.15) is 28.9 Å². The molecule has 0 aliphatic heterocycles. The number of carbonyl (C=O) groups excluding carboxylic acids is 4. The smallest absolute Gasteiger partial charge is 0.338 e. The third kappa shape index (κ3) is 3.65. The van der Waals surface area contributed by atoms with Gasteiger partial charge in [0.05, 0.1) is 17.2 Å². The van der Waals surface area contributed by atoms with Crippen LogP contribution in [0.2, 0.25) is 0 Å². The number of esters is 1. The minimum atomic E-state index is -2.81. The predicted molar refractivity (Wildman–Crippen MR) is 139 cm³/mol. The Balaban J connectivity index is 1.76. The fourth-order valence-electron chi connectivity index (χ4n) is 6.34. The van der Waals surface area contributed by atoms with Gasteiger partial charge in [0.15, 0.2) is 11.4 Å². The molecule has 0 fully saturated rings. The summed E-state index contributed by atoms with van der Waals surface area (Å²) in [7, 11) is 3.06. The Kier molecular flexibility index (Phi) is 6.31. The molecule has 0 heterocycles. The average Bonchev–Trinajstić information content (AvgIpc) is 2.90. The quantitative estimate of drug-likeness (QED) is 0.278. The summed E-state index contributed by atoms with van der Waals surface area (Å²) in [6.45, 7) is 1.67. The fraction of sp³-hybridized carbons (Fsp3) is 0.310. The summed E-state index contributed by atoms with van der Waals surface area (Å²) in [6, 6.07) is 9.73. The lowest BCUT2D eigenvalue weighted by Gasteiger charge is -2.51. The molecule has 5 unspecified atom stereocenters. The maximum atomic E-state index is 13.9. The largest absolute Gasteiger partial charge is 0.510 e. The Morgan fingerprint density at radius 3 is 2.30 bits per heavy atom. The number of phenolic OH excluding ortho intramolecular Hbond substituents is 1. The number of aliphatic hydroxyl groups is 3. The van der Waals surface area contributed by atoms with Crippen molar-refractivity contribution in [2.75, 3.05) is 14.1 Å². The van der Waals surface area contributed by atoms with Crippen molar-refractivity contribution >= 4 is 23.4 Å². The number of rotatable bonds is 4. The highest BCUT2D eigenvalue weighted by molar-refractivity contribution is 6.24. The van der Waals surface area contributed by atoms with E-state index in [1.54, 1.807) is 31.2 Å². The monoisotopic (exact) mass is 548 g/mol. The van der Waals surface area contributed by atoms with Crippen molar-refractivity contribution in [2.24, 2.45) is 17.6 Å². The van der Waals surface area contributed by atoms with Crippen LogP contribution in [0.15, 0.2) is 65.1 Å². The minimum absolute atomic E-state index is 0.214. The van der Waals surface area contributed by atoms with E-state index in [0.717, 1.165) is 0 Å². The molecule has 6 N–H and O–H groups in total. The van der Waals surface area contributed by atoms with E-state index in [9.17, 15) is 39.6 Å². The number of amides is 1. The van der Waals surface area contributed by atoms with Gasteiger partial charge in [0, 0.05) is 23.0 Å². The summed E-state index contributed by atoms with van der Waals surface area (Å²) >= 11 is 0. The van der Waals surface area contributed by atoms with Crippen molar-refractivity contribution in [1.29, 1.82) is 0 Å². The van der Waals surface area contributed by atoms with Gasteiger partial charge in [-0.05, 0) is 51.2 Å². The Bertz CT molecular complexity index is 1540. The van der Waals surface area contributed by atoms with Crippen molar-refractivity contribution in [1.82, 2.24) is 4.90 Å². The lowest BCUT2D eigenvalue weighted by molar-refractivity contribution is -0.149. The number of fused-ring (bicyclic) bond motifs is 3. The van der Waals surface area contributed by atoms with Crippen molar-refractivity contribution in [3.63, 3.8) is 0 Å². The molecule has 0 spiro atoms. The van der Waals surface area contributed by atoms with Crippen LogP contribution < -0.4 is 5.73 Å². The molecule has 1 amide bonds. The number of aryl methyl sites for hydroxylation is 1. The zero-order valence-electron chi connectivity index (χ0n) is 21.9. The number of benzene rings is 2. The zero-order chi connectivity index (χ0) is 29.3. The van der Waals surface area contributed by atoms with Crippen LogP contribution >= 0.6 is 0 Å². The van der Waals surface area contributed by atoms with Crippen LogP contribution in [0.3, 0.4) is 0 Å². The van der Waals surface area contributed by atoms with Crippen LogP contribution in [-0.2, 0) is 14.3 Å². The molecular weight excluding hydrogens is 520 g/mol. The summed E-state index contributed by atoms with van der Waals surface area (Å²) in [5.41, 5.74) is 1.95. The lowest BCUT2D eigenvalue weighted by atomic mass is 9.57. The SMILES string of the molecule is Cc1ccc(O)c2c1C(OC(=O)c1ccccc1)C1CC3C(N(C)C)C(O)=C(C(N)=O)C(=O)C3(O)C(O)=C1C2=O. The number of ether oxygens (including phenoxy) is 1. The summed E-state index contributed by atoms with van der Waals surface area (Å²) in [6.07, 6.45) is -1.45. The number of likely N-dealkylation sites (N-methyl/N-ethyl adjacent to an activating group) is 1. The van der Waals surface area contributed by atoms with Crippen LogP contribution in [0.25, 0.3) is 0 Å². The summed E-state index contributed by atoms with van der Waals surface area (Å²) in [4.78, 5) is 54.2. The first-order chi connectivity index (χ1) is 18.8. The molecule has 2 aromatic carbocycles. The van der Waals surface area contributed by atoms with E-state index in [2.05, 4.69) is 0 Å². The summed E-state index contributed by atoms with van der Waals surface area (Å²) in [5, 5.41) is 45.0. The highest BCUT2D eigenvalue weighted by Gasteiger charge is 2.64. The molecule has 0 radical (unpaired) electrons. The molecule has 3 aliphatic carbocycles. The number of ketones is 2. The lowest BCUT2D eigenvalue weighted by Crippen LogP contribution is -2.64. The standard InChI is InChI=1S/C29H28N2O9/c1-12-9-10-16(32)19-17(12)24(40-28(38)13-7-5-4-6-8-13)14-11-15-21(31(2)3)23(34)20(27(30)37)26(36)29(15,39)25(35)18(14)22(19)33/h4-10,14-15,21,24,32,34-35,39H,11H2,1-3H3,(H2,30,37). The topological polar surface area (TPSA) is 188 Å². The highest BCUT2D eigenvalue weighted by atomic mass is 16.5. The van der Waals surface area contributed by atoms with Gasteiger partial charge in [-0.3, -0.25) is 19.3 Å². The van der Waals surface area contributed by atoms with E-state index in [1.165, 1.54) is 37.2 Å². The number of hydrogen-bond acceptors (Lipinski definition) is 10. The third-order valence-corrected chi connectivity index (χ3v) is 8.13. The number of aliphatic hydroxyl groups excluding tert-OH is 2. The Morgan fingerprint density at radius 2 is 1.70 bits per heavy atom. The van der Waals surface area contributed by atoms with E-state index in [-0.39, 0.29) is 23.1 Å². The molecule has 0 saturated carbocycles. The Hall–Kier alpha value is -4.48. The molecule has 0 aromatic heterocycles. The molecule has 0 bridgehead atoms. The zero-order valence-corrected chi connectivity index (χ0v) is 21.9. The number of aromatic hydroxyl groups is 1. The molecule has 11 heteroatoms. The van der Waals surface area contributed by atoms with E-state index >= 15 is 0 Å². The second-order valence-corrected chi connectivity index (χ2v) is 10.6. The van der Waals surface area contributed by atoms with Crippen molar-refractivity contribution in [3.05, 3.63) is 87.4 Å². The second kappa shape index (κ2) is 9.32. The van der Waals surface area contributed by atoms with Gasteiger partial charge in [-0.25, -0.2) is 4.79 Å². The van der Waals surface area contributed by atoms with Crippen molar-refractivity contribution < 1.29 is 44.3 Å². The second-order valence-electron chi connectivity index (χ2n) is 10.6. The maximum Gasteiger partial charge on any atom is 0.338 e. The molecule has 0 saturated heterocycles. The Labute approximate surface area is 228 Å². The number of Topliss-reactive ketones (excluding diaryl/α,β-unsaturated/α-hetero) is 2. The first kappa shape index (κ1) is 27.1. The van der Waals surface area contributed by atoms with Gasteiger partial charge in [-0.2, -0.15) is 0 Å². The number of phenols is 1. The van der Waals surface area contributed by atoms with Gasteiger partial charge < -0.3 is 30.9 Å². The first-order valence-corrected chi connectivity index (χ1v) is 12.6. The van der Waals surface area contributed by atoms with Gasteiger partial charge in [0.2, 0.25) is 5.78 Å². The summed E-state index contributed by atoms with van der Waals surface area (Å²) in [5.74, 6) is -8.82. The number of nitrogens with zero attached hydrogens (tertiary/aromatic N) is 1. The molecule has 208 valence electrons. The van der Waals surface area contributed by atoms with Gasteiger partial charge >= 0.3 is 5.97 Å². The van der Waals surface area contributed by atoms with Crippen LogP contribution in [0.4, 0.5) is 0 Å². The number of hydrogen-bond donors (Lipinski definition) is 5. The first-order valence-electron chi connectivity index (χ1n) is 12.6. The van der Waals surface area contributed by atoms with Crippen LogP contribution in [-0.4, -0.2) is 74.5 Å². The van der Waals surface area contributed by atoms with E-state index < -0.39 is 81.4 Å².